The fourth-order valence-electron chi connectivity index (χ4n) is 2.16. The number of fused-ring (bicyclic) bond motifs is 3. The molecule has 0 amide bonds. The number of aromatic nitrogens is 1. The van der Waals surface area contributed by atoms with Crippen LogP contribution < -0.4 is 5.32 Å². The van der Waals surface area contributed by atoms with E-state index >= 15 is 0 Å². The highest BCUT2D eigenvalue weighted by atomic mass is 35.5. The molecule has 0 bridgehead atoms. The number of nitrogens with one attached hydrogen (secondary N) is 2. The Morgan fingerprint density at radius 1 is 1.33 bits per heavy atom. The molecule has 0 unspecified atom stereocenters. The van der Waals surface area contributed by atoms with Gasteiger partial charge in [-0.15, -0.1) is 0 Å². The average molecular weight is 225 g/mol. The molecule has 4 heteroatoms. The normalized spacial score (nSPS) is 15.6. The van der Waals surface area contributed by atoms with E-state index in [0.29, 0.717) is 0 Å². The van der Waals surface area contributed by atoms with E-state index in [-0.39, 0.29) is 10.8 Å². The predicted molar refractivity (Wildman–Crippen MR) is 58.7 cm³/mol. The molecule has 0 aliphatic carbocycles. The summed E-state index contributed by atoms with van der Waals surface area (Å²) in [5, 5.41) is 4.41. The molecule has 0 saturated heterocycles. The zero-order valence-electron chi connectivity index (χ0n) is 8.03. The number of hydrogen-bond acceptors (Lipinski definition) is 1. The Morgan fingerprint density at radius 2 is 2.20 bits per heavy atom. The Labute approximate surface area is 91.4 Å². The van der Waals surface area contributed by atoms with Gasteiger partial charge in [-0.2, -0.15) is 0 Å². The molecule has 2 heterocycles. The topological polar surface area (TPSA) is 27.8 Å². The van der Waals surface area contributed by atoms with Crippen molar-refractivity contribution < 1.29 is 4.39 Å². The summed E-state index contributed by atoms with van der Waals surface area (Å²) < 4.78 is 13.3. The number of H-pyrrole nitrogens is 1. The van der Waals surface area contributed by atoms with Gasteiger partial charge in [0.1, 0.15) is 5.82 Å². The molecule has 2 nitrogen and oxygen atoms in total. The van der Waals surface area contributed by atoms with Crippen molar-refractivity contribution in [2.45, 2.75) is 13.0 Å². The van der Waals surface area contributed by atoms with Crippen molar-refractivity contribution in [1.82, 2.24) is 10.3 Å². The number of benzene rings is 1. The van der Waals surface area contributed by atoms with Crippen LogP contribution in [0.5, 0.6) is 0 Å². The lowest BCUT2D eigenvalue weighted by Crippen LogP contribution is -2.22. The van der Waals surface area contributed by atoms with Gasteiger partial charge in [0.05, 0.1) is 5.02 Å². The molecule has 1 aromatic carbocycles. The lowest BCUT2D eigenvalue weighted by Gasteiger charge is -2.12. The highest BCUT2D eigenvalue weighted by Crippen LogP contribution is 2.29. The lowest BCUT2D eigenvalue weighted by molar-refractivity contribution is 0.628. The second kappa shape index (κ2) is 3.22. The summed E-state index contributed by atoms with van der Waals surface area (Å²) in [4.78, 5) is 3.27. The summed E-state index contributed by atoms with van der Waals surface area (Å²) >= 11 is 5.74. The van der Waals surface area contributed by atoms with Crippen LogP contribution in [0.25, 0.3) is 10.9 Å². The lowest BCUT2D eigenvalue weighted by atomic mass is 10.0. The van der Waals surface area contributed by atoms with Crippen molar-refractivity contribution in [1.29, 1.82) is 0 Å². The molecule has 1 aliphatic rings. The maximum Gasteiger partial charge on any atom is 0.142 e. The smallest absolute Gasteiger partial charge is 0.142 e. The van der Waals surface area contributed by atoms with Crippen molar-refractivity contribution in [2.24, 2.45) is 0 Å². The van der Waals surface area contributed by atoms with Crippen LogP contribution in [-0.2, 0) is 13.0 Å². The highest BCUT2D eigenvalue weighted by molar-refractivity contribution is 6.31. The average Bonchev–Trinajstić information content (AvgIpc) is 2.57. The van der Waals surface area contributed by atoms with Crippen molar-refractivity contribution in [2.75, 3.05) is 6.54 Å². The molecule has 78 valence electrons. The van der Waals surface area contributed by atoms with Crippen LogP contribution in [0.15, 0.2) is 12.1 Å². The second-order valence-electron chi connectivity index (χ2n) is 3.82. The van der Waals surface area contributed by atoms with Gasteiger partial charge in [-0.25, -0.2) is 4.39 Å². The summed E-state index contributed by atoms with van der Waals surface area (Å²) in [5.41, 5.74) is 3.30. The van der Waals surface area contributed by atoms with Gasteiger partial charge in [-0.1, -0.05) is 11.6 Å². The van der Waals surface area contributed by atoms with E-state index in [1.165, 1.54) is 11.6 Å². The second-order valence-corrected chi connectivity index (χ2v) is 4.23. The van der Waals surface area contributed by atoms with Gasteiger partial charge >= 0.3 is 0 Å². The molecular formula is C11H10ClFN2. The largest absolute Gasteiger partial charge is 0.357 e. The Morgan fingerprint density at radius 3 is 3.07 bits per heavy atom. The first-order valence-electron chi connectivity index (χ1n) is 4.95. The summed E-state index contributed by atoms with van der Waals surface area (Å²) in [7, 11) is 0. The van der Waals surface area contributed by atoms with Gasteiger partial charge < -0.3 is 10.3 Å². The number of halogens is 2. The van der Waals surface area contributed by atoms with Gasteiger partial charge in [-0.05, 0) is 30.7 Å². The van der Waals surface area contributed by atoms with E-state index in [1.807, 2.05) is 0 Å². The Balaban J connectivity index is 2.33. The first kappa shape index (κ1) is 9.19. The molecule has 2 aromatic rings. The highest BCUT2D eigenvalue weighted by Gasteiger charge is 2.16. The van der Waals surface area contributed by atoms with Crippen molar-refractivity contribution >= 4 is 22.5 Å². The van der Waals surface area contributed by atoms with Crippen LogP contribution in [-0.4, -0.2) is 11.5 Å². The minimum atomic E-state index is -0.343. The summed E-state index contributed by atoms with van der Waals surface area (Å²) in [6, 6.07) is 3.18. The molecular weight excluding hydrogens is 215 g/mol. The fourth-order valence-corrected chi connectivity index (χ4v) is 2.33. The first-order chi connectivity index (χ1) is 7.25. The first-order valence-corrected chi connectivity index (χ1v) is 5.32. The third-order valence-corrected chi connectivity index (χ3v) is 3.18. The fraction of sp³-hybridized carbons (Fsp3) is 0.273. The molecule has 3 rings (SSSR count). The molecule has 0 atom stereocenters. The quantitative estimate of drug-likeness (QED) is 0.708. The zero-order chi connectivity index (χ0) is 10.4. The van der Waals surface area contributed by atoms with Gasteiger partial charge in [-0.3, -0.25) is 0 Å². The van der Waals surface area contributed by atoms with Crippen LogP contribution in [0.1, 0.15) is 11.3 Å². The molecule has 2 N–H and O–H groups in total. The maximum absolute atomic E-state index is 13.3. The van der Waals surface area contributed by atoms with Crippen molar-refractivity contribution in [3.8, 4) is 0 Å². The molecule has 0 fully saturated rings. The Bertz CT molecular complexity index is 533. The van der Waals surface area contributed by atoms with Crippen LogP contribution >= 0.6 is 11.6 Å². The number of rotatable bonds is 0. The van der Waals surface area contributed by atoms with E-state index in [4.69, 9.17) is 11.6 Å². The minimum absolute atomic E-state index is 0.175. The van der Waals surface area contributed by atoms with Gasteiger partial charge in [0, 0.05) is 23.1 Å². The van der Waals surface area contributed by atoms with Crippen LogP contribution in [0, 0.1) is 5.82 Å². The summed E-state index contributed by atoms with van der Waals surface area (Å²) in [6.45, 7) is 1.77. The van der Waals surface area contributed by atoms with E-state index in [2.05, 4.69) is 10.3 Å². The minimum Gasteiger partial charge on any atom is -0.357 e. The molecule has 0 radical (unpaired) electrons. The monoisotopic (exact) mass is 224 g/mol. The van der Waals surface area contributed by atoms with Crippen molar-refractivity contribution in [3.05, 3.63) is 34.2 Å². The Kier molecular flexibility index (Phi) is 1.97. The molecule has 15 heavy (non-hydrogen) atoms. The standard InChI is InChI=1S/C11H10ClFN2/c12-8-4-10-7(3-9(8)13)6-1-2-14-5-11(6)15-10/h3-4,14-15H,1-2,5H2. The van der Waals surface area contributed by atoms with Crippen LogP contribution in [0.4, 0.5) is 4.39 Å². The molecule has 0 saturated carbocycles. The van der Waals surface area contributed by atoms with Crippen LogP contribution in [0.3, 0.4) is 0 Å². The maximum atomic E-state index is 13.3. The third kappa shape index (κ3) is 1.34. The number of hydrogen-bond donors (Lipinski definition) is 2. The molecule has 1 aromatic heterocycles. The SMILES string of the molecule is Fc1cc2c3c([nH]c2cc1Cl)CNCC3. The zero-order valence-corrected chi connectivity index (χ0v) is 8.79. The third-order valence-electron chi connectivity index (χ3n) is 2.89. The van der Waals surface area contributed by atoms with Crippen molar-refractivity contribution in [3.63, 3.8) is 0 Å². The summed E-state index contributed by atoms with van der Waals surface area (Å²) in [5.74, 6) is -0.343. The van der Waals surface area contributed by atoms with E-state index in [9.17, 15) is 4.39 Å². The van der Waals surface area contributed by atoms with E-state index in [0.717, 1.165) is 36.1 Å². The summed E-state index contributed by atoms with van der Waals surface area (Å²) in [6.07, 6.45) is 0.941. The number of aromatic amines is 1. The molecule has 0 spiro atoms. The molecule has 1 aliphatic heterocycles. The van der Waals surface area contributed by atoms with E-state index in [1.54, 1.807) is 6.07 Å². The van der Waals surface area contributed by atoms with Gasteiger partial charge in [0.2, 0.25) is 0 Å². The van der Waals surface area contributed by atoms with Crippen LogP contribution in [0.2, 0.25) is 5.02 Å². The van der Waals surface area contributed by atoms with E-state index < -0.39 is 0 Å². The van der Waals surface area contributed by atoms with Gasteiger partial charge in [0.25, 0.3) is 0 Å². The van der Waals surface area contributed by atoms with Gasteiger partial charge in [0.15, 0.2) is 0 Å². The Hall–Kier alpha value is -1.06. The predicted octanol–water partition coefficient (Wildman–Crippen LogP) is 2.61.